The monoisotopic (exact) mass is 165 g/mol. The van der Waals surface area contributed by atoms with E-state index in [4.69, 9.17) is 4.42 Å². The minimum atomic E-state index is 0.906. The average Bonchev–Trinajstić information content (AvgIpc) is 2.51. The normalized spacial score (nSPS) is 12.1. The largest absolute Gasteiger partial charge is 0.448 e. The van der Waals surface area contributed by atoms with Gasteiger partial charge in [0.15, 0.2) is 6.39 Å². The average molecular weight is 165 g/mol. The Labute approximate surface area is 73.3 Å². The molecular weight excluding hydrogens is 150 g/mol. The maximum Gasteiger partial charge on any atom is 0.181 e. The van der Waals surface area contributed by atoms with Crippen molar-refractivity contribution in [2.45, 2.75) is 33.6 Å². The molecule has 1 aromatic rings. The highest BCUT2D eigenvalue weighted by atomic mass is 16.3. The van der Waals surface area contributed by atoms with Gasteiger partial charge in [-0.1, -0.05) is 19.4 Å². The Morgan fingerprint density at radius 1 is 1.58 bits per heavy atom. The molecule has 0 aliphatic carbocycles. The lowest BCUT2D eigenvalue weighted by molar-refractivity contribution is 0.509. The Hall–Kier alpha value is -1.05. The highest BCUT2D eigenvalue weighted by molar-refractivity contribution is 5.49. The lowest BCUT2D eigenvalue weighted by atomic mass is 10.1. The number of allylic oxidation sites excluding steroid dienone is 1. The SMILES string of the molecule is CC/C(C)=C/c1ncoc1CC. The predicted octanol–water partition coefficient (Wildman–Crippen LogP) is 3.05. The van der Waals surface area contributed by atoms with Crippen LogP contribution in [-0.4, -0.2) is 4.98 Å². The molecule has 0 atom stereocenters. The number of aromatic nitrogens is 1. The topological polar surface area (TPSA) is 26.0 Å². The van der Waals surface area contributed by atoms with Crippen molar-refractivity contribution >= 4 is 6.08 Å². The van der Waals surface area contributed by atoms with Crippen LogP contribution in [0, 0.1) is 0 Å². The van der Waals surface area contributed by atoms with Crippen molar-refractivity contribution in [3.05, 3.63) is 23.4 Å². The van der Waals surface area contributed by atoms with Crippen LogP contribution in [0.25, 0.3) is 6.08 Å². The van der Waals surface area contributed by atoms with Gasteiger partial charge in [0.25, 0.3) is 0 Å². The highest BCUT2D eigenvalue weighted by Gasteiger charge is 2.01. The van der Waals surface area contributed by atoms with Gasteiger partial charge in [-0.25, -0.2) is 4.98 Å². The molecule has 0 aliphatic rings. The molecule has 0 unspecified atom stereocenters. The number of oxazole rings is 1. The summed E-state index contributed by atoms with van der Waals surface area (Å²) >= 11 is 0. The molecule has 0 aliphatic heterocycles. The van der Waals surface area contributed by atoms with Crippen molar-refractivity contribution < 1.29 is 4.42 Å². The summed E-state index contributed by atoms with van der Waals surface area (Å²) in [7, 11) is 0. The first kappa shape index (κ1) is 9.04. The zero-order valence-electron chi connectivity index (χ0n) is 7.92. The summed E-state index contributed by atoms with van der Waals surface area (Å²) in [6.07, 6.45) is 5.56. The van der Waals surface area contributed by atoms with E-state index in [1.807, 2.05) is 0 Å². The summed E-state index contributed by atoms with van der Waals surface area (Å²) in [5.74, 6) is 0.975. The van der Waals surface area contributed by atoms with E-state index in [0.717, 1.165) is 24.3 Å². The lowest BCUT2D eigenvalue weighted by Crippen LogP contribution is -1.82. The molecule has 0 saturated heterocycles. The second kappa shape index (κ2) is 4.10. The van der Waals surface area contributed by atoms with Crippen molar-refractivity contribution in [2.24, 2.45) is 0 Å². The number of hydrogen-bond acceptors (Lipinski definition) is 2. The van der Waals surface area contributed by atoms with Gasteiger partial charge < -0.3 is 4.42 Å². The molecule has 1 rings (SSSR count). The van der Waals surface area contributed by atoms with E-state index >= 15 is 0 Å². The van der Waals surface area contributed by atoms with Crippen molar-refractivity contribution in [3.63, 3.8) is 0 Å². The molecule has 12 heavy (non-hydrogen) atoms. The Morgan fingerprint density at radius 2 is 2.33 bits per heavy atom. The van der Waals surface area contributed by atoms with Gasteiger partial charge in [-0.15, -0.1) is 0 Å². The number of rotatable bonds is 3. The van der Waals surface area contributed by atoms with Gasteiger partial charge >= 0.3 is 0 Å². The maximum atomic E-state index is 5.20. The highest BCUT2D eigenvalue weighted by Crippen LogP contribution is 2.12. The Morgan fingerprint density at radius 3 is 2.92 bits per heavy atom. The van der Waals surface area contributed by atoms with E-state index in [9.17, 15) is 0 Å². The van der Waals surface area contributed by atoms with Gasteiger partial charge in [0.1, 0.15) is 11.5 Å². The summed E-state index contributed by atoms with van der Waals surface area (Å²) in [5.41, 5.74) is 2.32. The van der Waals surface area contributed by atoms with Crippen LogP contribution in [0.5, 0.6) is 0 Å². The van der Waals surface area contributed by atoms with Gasteiger partial charge in [0.2, 0.25) is 0 Å². The van der Waals surface area contributed by atoms with Crippen molar-refractivity contribution in [3.8, 4) is 0 Å². The molecule has 0 fully saturated rings. The van der Waals surface area contributed by atoms with Crippen LogP contribution in [-0.2, 0) is 6.42 Å². The van der Waals surface area contributed by atoms with E-state index in [1.54, 1.807) is 0 Å². The fraction of sp³-hybridized carbons (Fsp3) is 0.500. The molecular formula is C10H15NO. The molecule has 0 saturated carbocycles. The Kier molecular flexibility index (Phi) is 3.09. The Bertz CT molecular complexity index is 273. The third-order valence-electron chi connectivity index (χ3n) is 1.93. The standard InChI is InChI=1S/C10H15NO/c1-4-8(3)6-9-10(5-2)12-7-11-9/h6-7H,4-5H2,1-3H3/b8-6+. The third kappa shape index (κ3) is 1.97. The van der Waals surface area contributed by atoms with E-state index < -0.39 is 0 Å². The van der Waals surface area contributed by atoms with Crippen molar-refractivity contribution in [1.29, 1.82) is 0 Å². The molecule has 0 amide bonds. The summed E-state index contributed by atoms with van der Waals surface area (Å²) in [6.45, 7) is 6.31. The third-order valence-corrected chi connectivity index (χ3v) is 1.93. The molecule has 2 heteroatoms. The van der Waals surface area contributed by atoms with Gasteiger partial charge in [-0.2, -0.15) is 0 Å². The molecule has 0 N–H and O–H groups in total. The molecule has 0 spiro atoms. The minimum Gasteiger partial charge on any atom is -0.448 e. The smallest absolute Gasteiger partial charge is 0.181 e. The molecule has 2 nitrogen and oxygen atoms in total. The summed E-state index contributed by atoms with van der Waals surface area (Å²) in [5, 5.41) is 0. The van der Waals surface area contributed by atoms with E-state index in [2.05, 4.69) is 31.8 Å². The van der Waals surface area contributed by atoms with Gasteiger partial charge in [-0.3, -0.25) is 0 Å². The first-order chi connectivity index (χ1) is 5.77. The van der Waals surface area contributed by atoms with Crippen molar-refractivity contribution in [2.75, 3.05) is 0 Å². The van der Waals surface area contributed by atoms with Crippen LogP contribution in [0.4, 0.5) is 0 Å². The van der Waals surface area contributed by atoms with E-state index in [0.29, 0.717) is 0 Å². The van der Waals surface area contributed by atoms with Crippen LogP contribution >= 0.6 is 0 Å². The molecule has 0 aromatic carbocycles. The van der Waals surface area contributed by atoms with Gasteiger partial charge in [0, 0.05) is 6.42 Å². The molecule has 1 heterocycles. The molecule has 0 bridgehead atoms. The van der Waals surface area contributed by atoms with Crippen molar-refractivity contribution in [1.82, 2.24) is 4.98 Å². The fourth-order valence-electron chi connectivity index (χ4n) is 0.997. The summed E-state index contributed by atoms with van der Waals surface area (Å²) in [6, 6.07) is 0. The second-order valence-electron chi connectivity index (χ2n) is 2.86. The van der Waals surface area contributed by atoms with E-state index in [1.165, 1.54) is 12.0 Å². The van der Waals surface area contributed by atoms with Crippen LogP contribution in [0.2, 0.25) is 0 Å². The van der Waals surface area contributed by atoms with Crippen LogP contribution in [0.1, 0.15) is 38.6 Å². The summed E-state index contributed by atoms with van der Waals surface area (Å²) < 4.78 is 5.20. The second-order valence-corrected chi connectivity index (χ2v) is 2.86. The molecule has 1 aromatic heterocycles. The van der Waals surface area contributed by atoms with Crippen LogP contribution in [0.15, 0.2) is 16.4 Å². The minimum absolute atomic E-state index is 0.906. The predicted molar refractivity (Wildman–Crippen MR) is 49.8 cm³/mol. The number of hydrogen-bond donors (Lipinski definition) is 0. The molecule has 66 valence electrons. The molecule has 0 radical (unpaired) electrons. The fourth-order valence-corrected chi connectivity index (χ4v) is 0.997. The summed E-state index contributed by atoms with van der Waals surface area (Å²) in [4.78, 5) is 4.13. The van der Waals surface area contributed by atoms with Crippen LogP contribution < -0.4 is 0 Å². The first-order valence-electron chi connectivity index (χ1n) is 4.37. The Balaban J connectivity index is 2.87. The maximum absolute atomic E-state index is 5.20. The number of nitrogens with zero attached hydrogens (tertiary/aromatic N) is 1. The van der Waals surface area contributed by atoms with Crippen LogP contribution in [0.3, 0.4) is 0 Å². The van der Waals surface area contributed by atoms with E-state index in [-0.39, 0.29) is 0 Å². The quantitative estimate of drug-likeness (QED) is 0.688. The zero-order valence-corrected chi connectivity index (χ0v) is 7.92. The first-order valence-corrected chi connectivity index (χ1v) is 4.37. The number of aryl methyl sites for hydroxylation is 1. The lowest BCUT2D eigenvalue weighted by Gasteiger charge is -1.94. The zero-order chi connectivity index (χ0) is 8.97. The van der Waals surface area contributed by atoms with Gasteiger partial charge in [-0.05, 0) is 19.4 Å². The van der Waals surface area contributed by atoms with Gasteiger partial charge in [0.05, 0.1) is 0 Å².